The van der Waals surface area contributed by atoms with Gasteiger partial charge in [0.15, 0.2) is 6.54 Å². The summed E-state index contributed by atoms with van der Waals surface area (Å²) in [6, 6.07) is 13.8. The summed E-state index contributed by atoms with van der Waals surface area (Å²) in [4.78, 5) is 12.1. The average molecular weight is 408 g/mol. The van der Waals surface area contributed by atoms with Crippen LogP contribution in [0.15, 0.2) is 46.9 Å². The number of carbonyl (C=O) groups excluding carboxylic acids is 1. The molecule has 0 fully saturated rings. The van der Waals surface area contributed by atoms with Crippen LogP contribution in [0, 0.1) is 0 Å². The van der Waals surface area contributed by atoms with Crippen molar-refractivity contribution in [2.45, 2.75) is 19.5 Å². The molecule has 5 nitrogen and oxygen atoms in total. The van der Waals surface area contributed by atoms with E-state index in [0.29, 0.717) is 13.1 Å². The van der Waals surface area contributed by atoms with E-state index in [1.54, 1.807) is 14.2 Å². The second-order valence-electron chi connectivity index (χ2n) is 5.71. The Morgan fingerprint density at radius 2 is 1.88 bits per heavy atom. The van der Waals surface area contributed by atoms with E-state index in [-0.39, 0.29) is 11.9 Å². The fourth-order valence-electron chi connectivity index (χ4n) is 2.50. The van der Waals surface area contributed by atoms with Gasteiger partial charge in [0, 0.05) is 17.7 Å². The van der Waals surface area contributed by atoms with Gasteiger partial charge in [-0.3, -0.25) is 4.79 Å². The molecular weight excluding hydrogens is 384 g/mol. The predicted octanol–water partition coefficient (Wildman–Crippen LogP) is 2.41. The van der Waals surface area contributed by atoms with Crippen LogP contribution in [0.3, 0.4) is 0 Å². The highest BCUT2D eigenvalue weighted by atomic mass is 79.9. The first-order valence-electron chi connectivity index (χ1n) is 8.10. The van der Waals surface area contributed by atoms with Gasteiger partial charge in [-0.1, -0.05) is 18.2 Å². The minimum Gasteiger partial charge on any atom is -0.496 e. The molecule has 0 spiro atoms. The number of ether oxygens (including phenoxy) is 2. The maximum Gasteiger partial charge on any atom is 0.275 e. The molecule has 0 aliphatic heterocycles. The summed E-state index contributed by atoms with van der Waals surface area (Å²) in [7, 11) is 3.27. The van der Waals surface area contributed by atoms with Crippen molar-refractivity contribution in [2.24, 2.45) is 0 Å². The van der Waals surface area contributed by atoms with Gasteiger partial charge in [0.05, 0.1) is 18.7 Å². The molecule has 3 N–H and O–H groups in total. The molecular formula is C19H24BrN2O3+. The highest BCUT2D eigenvalue weighted by Gasteiger charge is 2.13. The third-order valence-electron chi connectivity index (χ3n) is 4.03. The summed E-state index contributed by atoms with van der Waals surface area (Å²) >= 11 is 3.49. The standard InChI is InChI=1S/C19H23BrN2O3/c1-13(14-8-9-18(25-3)16(20)10-14)21-12-19(23)22-11-15-6-4-5-7-17(15)24-2/h4-10,13,21H,11-12H2,1-3H3,(H,22,23)/p+1/t13-/m1/s1. The number of nitrogens with two attached hydrogens (primary N) is 1. The summed E-state index contributed by atoms with van der Waals surface area (Å²) in [6.07, 6.45) is 0. The molecule has 2 aromatic carbocycles. The lowest BCUT2D eigenvalue weighted by molar-refractivity contribution is -0.682. The third-order valence-corrected chi connectivity index (χ3v) is 4.65. The molecule has 0 aliphatic carbocycles. The number of benzene rings is 2. The minimum absolute atomic E-state index is 0.00895. The van der Waals surface area contributed by atoms with Crippen molar-refractivity contribution in [2.75, 3.05) is 20.8 Å². The van der Waals surface area contributed by atoms with Gasteiger partial charge < -0.3 is 20.1 Å². The van der Waals surface area contributed by atoms with Crippen LogP contribution in [0.5, 0.6) is 11.5 Å². The van der Waals surface area contributed by atoms with Crippen molar-refractivity contribution in [3.8, 4) is 11.5 Å². The fourth-order valence-corrected chi connectivity index (χ4v) is 3.06. The number of carbonyl (C=O) groups is 1. The van der Waals surface area contributed by atoms with Crippen molar-refractivity contribution in [1.29, 1.82) is 0 Å². The van der Waals surface area contributed by atoms with Crippen LogP contribution in [0.25, 0.3) is 0 Å². The summed E-state index contributed by atoms with van der Waals surface area (Å²) in [5.41, 5.74) is 2.09. The first-order chi connectivity index (χ1) is 12.0. The second kappa shape index (κ2) is 9.44. The van der Waals surface area contributed by atoms with Crippen LogP contribution in [0.4, 0.5) is 0 Å². The molecule has 25 heavy (non-hydrogen) atoms. The summed E-state index contributed by atoms with van der Waals surface area (Å²) in [5, 5.41) is 4.94. The summed E-state index contributed by atoms with van der Waals surface area (Å²) < 4.78 is 11.4. The maximum atomic E-state index is 12.1. The average Bonchev–Trinajstić information content (AvgIpc) is 2.64. The zero-order valence-corrected chi connectivity index (χ0v) is 16.3. The van der Waals surface area contributed by atoms with E-state index in [4.69, 9.17) is 9.47 Å². The van der Waals surface area contributed by atoms with Crippen LogP contribution >= 0.6 is 15.9 Å². The topological polar surface area (TPSA) is 64.2 Å². The molecule has 0 saturated carbocycles. The van der Waals surface area contributed by atoms with E-state index >= 15 is 0 Å². The van der Waals surface area contributed by atoms with E-state index in [1.165, 1.54) is 0 Å². The van der Waals surface area contributed by atoms with E-state index in [9.17, 15) is 4.79 Å². The normalized spacial score (nSPS) is 11.7. The Kier molecular flexibility index (Phi) is 7.28. The van der Waals surface area contributed by atoms with Gasteiger partial charge >= 0.3 is 0 Å². The monoisotopic (exact) mass is 407 g/mol. The van der Waals surface area contributed by atoms with Crippen LogP contribution < -0.4 is 20.1 Å². The predicted molar refractivity (Wildman–Crippen MR) is 101 cm³/mol. The van der Waals surface area contributed by atoms with E-state index in [1.807, 2.05) is 47.8 Å². The largest absolute Gasteiger partial charge is 0.496 e. The Morgan fingerprint density at radius 3 is 2.56 bits per heavy atom. The van der Waals surface area contributed by atoms with Crippen molar-refractivity contribution in [3.05, 3.63) is 58.1 Å². The quantitative estimate of drug-likeness (QED) is 0.705. The van der Waals surface area contributed by atoms with Crippen molar-refractivity contribution >= 4 is 21.8 Å². The van der Waals surface area contributed by atoms with Crippen molar-refractivity contribution < 1.29 is 19.6 Å². The molecule has 1 atom stereocenters. The number of nitrogens with one attached hydrogen (secondary N) is 1. The number of amides is 1. The number of hydrogen-bond donors (Lipinski definition) is 2. The summed E-state index contributed by atoms with van der Waals surface area (Å²) in [5.74, 6) is 1.57. The number of methoxy groups -OCH3 is 2. The van der Waals surface area contributed by atoms with E-state index < -0.39 is 0 Å². The van der Waals surface area contributed by atoms with E-state index in [2.05, 4.69) is 28.2 Å². The van der Waals surface area contributed by atoms with Gasteiger partial charge in [-0.2, -0.15) is 0 Å². The molecule has 0 bridgehead atoms. The first-order valence-corrected chi connectivity index (χ1v) is 8.89. The van der Waals surface area contributed by atoms with Crippen molar-refractivity contribution in [1.82, 2.24) is 5.32 Å². The lowest BCUT2D eigenvalue weighted by Crippen LogP contribution is -2.87. The van der Waals surface area contributed by atoms with Crippen molar-refractivity contribution in [3.63, 3.8) is 0 Å². The van der Waals surface area contributed by atoms with Crippen LogP contribution in [-0.2, 0) is 11.3 Å². The Bertz CT molecular complexity index is 722. The molecule has 0 radical (unpaired) electrons. The lowest BCUT2D eigenvalue weighted by Gasteiger charge is -2.13. The van der Waals surface area contributed by atoms with Gasteiger partial charge in [-0.25, -0.2) is 0 Å². The Morgan fingerprint density at radius 1 is 1.16 bits per heavy atom. The third kappa shape index (κ3) is 5.47. The van der Waals surface area contributed by atoms with Gasteiger partial charge in [0.25, 0.3) is 5.91 Å². The molecule has 0 heterocycles. The minimum atomic E-state index is -0.00895. The number of para-hydroxylation sites is 1. The Labute approximate surface area is 156 Å². The first kappa shape index (κ1) is 19.3. The van der Waals surface area contributed by atoms with Gasteiger partial charge in [0.1, 0.15) is 17.5 Å². The fraction of sp³-hybridized carbons (Fsp3) is 0.316. The molecule has 1 amide bonds. The van der Waals surface area contributed by atoms with Crippen LogP contribution in [0.2, 0.25) is 0 Å². The van der Waals surface area contributed by atoms with Gasteiger partial charge in [-0.05, 0) is 47.1 Å². The van der Waals surface area contributed by atoms with Crippen LogP contribution in [0.1, 0.15) is 24.1 Å². The molecule has 134 valence electrons. The molecule has 0 aliphatic rings. The zero-order chi connectivity index (χ0) is 18.2. The molecule has 0 aromatic heterocycles. The van der Waals surface area contributed by atoms with Gasteiger partial charge in [0.2, 0.25) is 0 Å². The maximum absolute atomic E-state index is 12.1. The highest BCUT2D eigenvalue weighted by molar-refractivity contribution is 9.10. The molecule has 6 heteroatoms. The molecule has 2 rings (SSSR count). The van der Waals surface area contributed by atoms with E-state index in [0.717, 1.165) is 27.1 Å². The number of rotatable bonds is 8. The number of halogens is 1. The second-order valence-corrected chi connectivity index (χ2v) is 6.57. The Hall–Kier alpha value is -2.05. The smallest absolute Gasteiger partial charge is 0.275 e. The molecule has 2 aromatic rings. The highest BCUT2D eigenvalue weighted by Crippen LogP contribution is 2.27. The SMILES string of the molecule is COc1ccc([C@@H](C)[NH2+]CC(=O)NCc2ccccc2OC)cc1Br. The number of hydrogen-bond acceptors (Lipinski definition) is 3. The van der Waals surface area contributed by atoms with Gasteiger partial charge in [-0.15, -0.1) is 0 Å². The summed E-state index contributed by atoms with van der Waals surface area (Å²) in [6.45, 7) is 2.89. The Balaban J connectivity index is 1.84. The molecule has 0 unspecified atom stereocenters. The van der Waals surface area contributed by atoms with Crippen LogP contribution in [-0.4, -0.2) is 26.7 Å². The zero-order valence-electron chi connectivity index (χ0n) is 14.7. The lowest BCUT2D eigenvalue weighted by atomic mass is 10.1. The molecule has 0 saturated heterocycles. The number of quaternary nitrogens is 1.